The Morgan fingerprint density at radius 2 is 2.25 bits per heavy atom. The number of carbonyl (C=O) groups excluding carboxylic acids is 1. The number of hydrogen-bond donors (Lipinski definition) is 0. The number of hydrogen-bond acceptors (Lipinski definition) is 2. The minimum Gasteiger partial charge on any atom is -0.459 e. The van der Waals surface area contributed by atoms with E-state index >= 15 is 0 Å². The maximum atomic E-state index is 10.9. The smallest absolute Gasteiger partial charge is 0.307 e. The molecule has 1 aliphatic rings. The second-order valence-electron chi connectivity index (χ2n) is 3.34. The average Bonchev–Trinajstić information content (AvgIpc) is 2.04. The predicted molar refractivity (Wildman–Crippen MR) is 48.1 cm³/mol. The lowest BCUT2D eigenvalue weighted by Crippen LogP contribution is -2.26. The molecule has 1 rings (SSSR count). The Balaban J connectivity index is 2.78. The molecule has 68 valence electrons. The van der Waals surface area contributed by atoms with Crippen molar-refractivity contribution in [1.29, 1.82) is 0 Å². The Hall–Kier alpha value is -0.210. The number of halogens is 2. The second-order valence-corrected chi connectivity index (χ2v) is 4.35. The van der Waals surface area contributed by atoms with Crippen LogP contribution in [-0.4, -0.2) is 11.6 Å². The Morgan fingerprint density at radius 3 is 2.58 bits per heavy atom. The van der Waals surface area contributed by atoms with Gasteiger partial charge >= 0.3 is 5.97 Å². The molecule has 0 unspecified atom stereocenters. The molecular weight excluding hydrogens is 199 g/mol. The Labute approximate surface area is 81.5 Å². The highest BCUT2D eigenvalue weighted by molar-refractivity contribution is 6.55. The molecule has 4 heteroatoms. The van der Waals surface area contributed by atoms with E-state index in [1.54, 1.807) is 6.08 Å². The van der Waals surface area contributed by atoms with Gasteiger partial charge in [-0.1, -0.05) is 23.2 Å². The van der Waals surface area contributed by atoms with Gasteiger partial charge in [-0.2, -0.15) is 0 Å². The van der Waals surface area contributed by atoms with Gasteiger partial charge < -0.3 is 4.74 Å². The first kappa shape index (κ1) is 9.87. The molecule has 1 heterocycles. The maximum absolute atomic E-state index is 10.9. The molecule has 0 amide bonds. The first-order valence-corrected chi connectivity index (χ1v) is 4.42. The molecule has 0 saturated carbocycles. The summed E-state index contributed by atoms with van der Waals surface area (Å²) in [4.78, 5) is 10.9. The summed E-state index contributed by atoms with van der Waals surface area (Å²) in [5.41, 5.74) is -0.480. The summed E-state index contributed by atoms with van der Waals surface area (Å²) in [7, 11) is 0. The fourth-order valence-corrected chi connectivity index (χ4v) is 1.55. The van der Waals surface area contributed by atoms with Crippen molar-refractivity contribution < 1.29 is 9.53 Å². The molecule has 0 aliphatic carbocycles. The summed E-state index contributed by atoms with van der Waals surface area (Å²) in [6.07, 6.45) is 2.00. The van der Waals surface area contributed by atoms with Crippen molar-refractivity contribution in [3.8, 4) is 0 Å². The van der Waals surface area contributed by atoms with E-state index in [1.807, 2.05) is 13.8 Å². The SMILES string of the molecule is CC1(C)OC(=O)C[C@@H]1C=C(Cl)Cl. The third kappa shape index (κ3) is 2.14. The lowest BCUT2D eigenvalue weighted by molar-refractivity contribution is -0.146. The monoisotopic (exact) mass is 208 g/mol. The van der Waals surface area contributed by atoms with Gasteiger partial charge in [-0.25, -0.2) is 0 Å². The van der Waals surface area contributed by atoms with E-state index in [9.17, 15) is 4.79 Å². The van der Waals surface area contributed by atoms with Gasteiger partial charge in [0.25, 0.3) is 0 Å². The van der Waals surface area contributed by atoms with E-state index in [-0.39, 0.29) is 16.4 Å². The van der Waals surface area contributed by atoms with Crippen LogP contribution >= 0.6 is 23.2 Å². The van der Waals surface area contributed by atoms with Crippen LogP contribution in [0.25, 0.3) is 0 Å². The van der Waals surface area contributed by atoms with Crippen molar-refractivity contribution in [2.24, 2.45) is 5.92 Å². The predicted octanol–water partition coefficient (Wildman–Crippen LogP) is 2.65. The first-order valence-electron chi connectivity index (χ1n) is 3.66. The summed E-state index contributed by atoms with van der Waals surface area (Å²) < 4.78 is 5.25. The number of cyclic esters (lactones) is 1. The fraction of sp³-hybridized carbons (Fsp3) is 0.625. The van der Waals surface area contributed by atoms with Crippen LogP contribution in [0.15, 0.2) is 10.6 Å². The second kappa shape index (κ2) is 3.27. The topological polar surface area (TPSA) is 26.3 Å². The number of ether oxygens (including phenoxy) is 1. The van der Waals surface area contributed by atoms with Gasteiger partial charge in [0.1, 0.15) is 10.1 Å². The van der Waals surface area contributed by atoms with Crippen LogP contribution in [0.1, 0.15) is 20.3 Å². The van der Waals surface area contributed by atoms with Gasteiger partial charge in [0.15, 0.2) is 0 Å². The van der Waals surface area contributed by atoms with E-state index in [0.717, 1.165) is 0 Å². The van der Waals surface area contributed by atoms with Crippen LogP contribution in [0.3, 0.4) is 0 Å². The molecule has 1 aliphatic heterocycles. The van der Waals surface area contributed by atoms with Crippen molar-refractivity contribution in [3.05, 3.63) is 10.6 Å². The highest BCUT2D eigenvalue weighted by Crippen LogP contribution is 2.34. The van der Waals surface area contributed by atoms with Crippen LogP contribution in [0, 0.1) is 5.92 Å². The standard InChI is InChI=1S/C8H10Cl2O2/c1-8(2)5(3-6(9)10)4-7(11)12-8/h3,5H,4H2,1-2H3/t5-/m0/s1. The number of rotatable bonds is 1. The van der Waals surface area contributed by atoms with Crippen LogP contribution in [0.5, 0.6) is 0 Å². The fourth-order valence-electron chi connectivity index (χ4n) is 1.25. The van der Waals surface area contributed by atoms with Crippen molar-refractivity contribution in [2.45, 2.75) is 25.9 Å². The van der Waals surface area contributed by atoms with Crippen molar-refractivity contribution in [2.75, 3.05) is 0 Å². The summed E-state index contributed by atoms with van der Waals surface area (Å²) in [6.45, 7) is 3.69. The molecule has 0 aromatic rings. The van der Waals surface area contributed by atoms with Gasteiger partial charge in [-0.15, -0.1) is 0 Å². The van der Waals surface area contributed by atoms with Crippen molar-refractivity contribution in [3.63, 3.8) is 0 Å². The Morgan fingerprint density at radius 1 is 1.67 bits per heavy atom. The molecule has 12 heavy (non-hydrogen) atoms. The van der Waals surface area contributed by atoms with E-state index in [2.05, 4.69) is 0 Å². The summed E-state index contributed by atoms with van der Waals surface area (Å²) >= 11 is 11.0. The third-order valence-electron chi connectivity index (χ3n) is 1.98. The van der Waals surface area contributed by atoms with Crippen molar-refractivity contribution in [1.82, 2.24) is 0 Å². The summed E-state index contributed by atoms with van der Waals surface area (Å²) in [5, 5.41) is 0. The van der Waals surface area contributed by atoms with E-state index < -0.39 is 5.60 Å². The normalized spacial score (nSPS) is 26.7. The molecule has 0 radical (unpaired) electrons. The van der Waals surface area contributed by atoms with Crippen LogP contribution in [0.2, 0.25) is 0 Å². The highest BCUT2D eigenvalue weighted by Gasteiger charge is 2.40. The molecule has 1 saturated heterocycles. The molecule has 0 aromatic carbocycles. The number of carbonyl (C=O) groups is 1. The van der Waals surface area contributed by atoms with E-state index in [0.29, 0.717) is 6.42 Å². The summed E-state index contributed by atoms with van der Waals surface area (Å²) in [6, 6.07) is 0. The molecule has 0 N–H and O–H groups in total. The zero-order valence-electron chi connectivity index (χ0n) is 6.93. The van der Waals surface area contributed by atoms with Crippen LogP contribution in [0.4, 0.5) is 0 Å². The molecule has 0 spiro atoms. The highest BCUT2D eigenvalue weighted by atomic mass is 35.5. The van der Waals surface area contributed by atoms with Crippen LogP contribution in [-0.2, 0) is 9.53 Å². The lowest BCUT2D eigenvalue weighted by Gasteiger charge is -2.21. The third-order valence-corrected chi connectivity index (χ3v) is 2.24. The maximum Gasteiger partial charge on any atom is 0.307 e. The largest absolute Gasteiger partial charge is 0.459 e. The molecule has 0 aromatic heterocycles. The number of esters is 1. The van der Waals surface area contributed by atoms with Gasteiger partial charge in [-0.3, -0.25) is 4.79 Å². The van der Waals surface area contributed by atoms with Crippen LogP contribution < -0.4 is 0 Å². The zero-order chi connectivity index (χ0) is 9.35. The van der Waals surface area contributed by atoms with Gasteiger partial charge in [-0.05, 0) is 19.9 Å². The van der Waals surface area contributed by atoms with E-state index in [1.165, 1.54) is 0 Å². The van der Waals surface area contributed by atoms with Gasteiger partial charge in [0.2, 0.25) is 0 Å². The van der Waals surface area contributed by atoms with Gasteiger partial charge in [0, 0.05) is 5.92 Å². The lowest BCUT2D eigenvalue weighted by atomic mass is 9.91. The van der Waals surface area contributed by atoms with Crippen molar-refractivity contribution >= 4 is 29.2 Å². The average molecular weight is 209 g/mol. The molecule has 1 atom stereocenters. The van der Waals surface area contributed by atoms with Gasteiger partial charge in [0.05, 0.1) is 6.42 Å². The Bertz CT molecular complexity index is 229. The minimum absolute atomic E-state index is 0.0185. The van der Waals surface area contributed by atoms with E-state index in [4.69, 9.17) is 27.9 Å². The minimum atomic E-state index is -0.480. The summed E-state index contributed by atoms with van der Waals surface area (Å²) in [5.74, 6) is -0.217. The molecule has 0 bridgehead atoms. The first-order chi connectivity index (χ1) is 5.42. The zero-order valence-corrected chi connectivity index (χ0v) is 8.45. The Kier molecular flexibility index (Phi) is 2.69. The molecule has 1 fully saturated rings. The quantitative estimate of drug-likeness (QED) is 0.620. The molecule has 2 nitrogen and oxygen atoms in total. The molecular formula is C8H10Cl2O2.